The van der Waals surface area contributed by atoms with E-state index in [9.17, 15) is 9.59 Å². The number of nitrogens with zero attached hydrogens (tertiary/aromatic N) is 1. The van der Waals surface area contributed by atoms with Gasteiger partial charge in [0.1, 0.15) is 0 Å². The fourth-order valence-corrected chi connectivity index (χ4v) is 2.65. The monoisotopic (exact) mass is 353 g/mol. The van der Waals surface area contributed by atoms with Crippen molar-refractivity contribution in [3.05, 3.63) is 65.2 Å². The lowest BCUT2D eigenvalue weighted by molar-refractivity contribution is -0.123. The van der Waals surface area contributed by atoms with E-state index in [2.05, 4.69) is 17.6 Å². The number of benzene rings is 2. The van der Waals surface area contributed by atoms with E-state index in [1.165, 1.54) is 5.56 Å². The SMILES string of the molecule is CCc1ccccc1NC(=O)CN(C)CC(=O)NCc1ccc(C)cc1. The molecule has 2 rings (SSSR count). The van der Waals surface area contributed by atoms with Gasteiger partial charge in [-0.05, 0) is 37.6 Å². The fourth-order valence-electron chi connectivity index (χ4n) is 2.65. The highest BCUT2D eigenvalue weighted by Gasteiger charge is 2.12. The van der Waals surface area contributed by atoms with E-state index in [1.54, 1.807) is 11.9 Å². The molecule has 0 saturated carbocycles. The van der Waals surface area contributed by atoms with Crippen molar-refractivity contribution in [2.24, 2.45) is 0 Å². The molecule has 5 nitrogen and oxygen atoms in total. The second-order valence-electron chi connectivity index (χ2n) is 6.49. The van der Waals surface area contributed by atoms with E-state index in [0.717, 1.165) is 23.2 Å². The van der Waals surface area contributed by atoms with Crippen LogP contribution in [0.4, 0.5) is 5.69 Å². The van der Waals surface area contributed by atoms with Crippen molar-refractivity contribution >= 4 is 17.5 Å². The van der Waals surface area contributed by atoms with Gasteiger partial charge in [-0.3, -0.25) is 14.5 Å². The van der Waals surface area contributed by atoms with Crippen molar-refractivity contribution in [3.63, 3.8) is 0 Å². The van der Waals surface area contributed by atoms with Gasteiger partial charge < -0.3 is 10.6 Å². The Labute approximate surface area is 155 Å². The summed E-state index contributed by atoms with van der Waals surface area (Å²) in [5, 5.41) is 5.79. The first kappa shape index (κ1) is 19.7. The van der Waals surface area contributed by atoms with Crippen LogP contribution in [0.25, 0.3) is 0 Å². The largest absolute Gasteiger partial charge is 0.351 e. The number of nitrogens with one attached hydrogen (secondary N) is 2. The predicted molar refractivity (Wildman–Crippen MR) is 105 cm³/mol. The smallest absolute Gasteiger partial charge is 0.238 e. The Bertz CT molecular complexity index is 741. The molecule has 0 spiro atoms. The lowest BCUT2D eigenvalue weighted by atomic mass is 10.1. The van der Waals surface area contributed by atoms with E-state index < -0.39 is 0 Å². The molecule has 2 N–H and O–H groups in total. The van der Waals surface area contributed by atoms with Gasteiger partial charge in [0.25, 0.3) is 0 Å². The van der Waals surface area contributed by atoms with Gasteiger partial charge in [0.2, 0.25) is 11.8 Å². The fraction of sp³-hybridized carbons (Fsp3) is 0.333. The number of carbonyl (C=O) groups is 2. The number of para-hydroxylation sites is 1. The highest BCUT2D eigenvalue weighted by molar-refractivity contribution is 5.93. The van der Waals surface area contributed by atoms with Crippen molar-refractivity contribution in [2.75, 3.05) is 25.5 Å². The standard InChI is InChI=1S/C21H27N3O2/c1-4-18-7-5-6-8-19(18)23-21(26)15-24(3)14-20(25)22-13-17-11-9-16(2)10-12-17/h5-12H,4,13-15H2,1-3H3,(H,22,25)(H,23,26). The van der Waals surface area contributed by atoms with Crippen LogP contribution in [-0.4, -0.2) is 36.9 Å². The second-order valence-corrected chi connectivity index (χ2v) is 6.49. The number of hydrogen-bond acceptors (Lipinski definition) is 3. The number of hydrogen-bond donors (Lipinski definition) is 2. The number of amides is 2. The molecule has 2 aromatic carbocycles. The molecule has 138 valence electrons. The van der Waals surface area contributed by atoms with Gasteiger partial charge in [-0.25, -0.2) is 0 Å². The Hall–Kier alpha value is -2.66. The molecule has 0 unspecified atom stereocenters. The third kappa shape index (κ3) is 6.33. The molecule has 0 fully saturated rings. The number of aryl methyl sites for hydroxylation is 2. The van der Waals surface area contributed by atoms with Gasteiger partial charge in [-0.2, -0.15) is 0 Å². The average molecular weight is 353 g/mol. The minimum Gasteiger partial charge on any atom is -0.351 e. The van der Waals surface area contributed by atoms with Gasteiger partial charge in [0.05, 0.1) is 13.1 Å². The molecule has 0 aliphatic heterocycles. The molecule has 0 aliphatic carbocycles. The first-order chi connectivity index (χ1) is 12.5. The summed E-state index contributed by atoms with van der Waals surface area (Å²) in [4.78, 5) is 26.0. The zero-order chi connectivity index (χ0) is 18.9. The molecule has 0 radical (unpaired) electrons. The predicted octanol–water partition coefficient (Wildman–Crippen LogP) is 2.74. The zero-order valence-electron chi connectivity index (χ0n) is 15.7. The van der Waals surface area contributed by atoms with E-state index >= 15 is 0 Å². The summed E-state index contributed by atoms with van der Waals surface area (Å²) in [6.07, 6.45) is 0.855. The van der Waals surface area contributed by atoms with Crippen LogP contribution < -0.4 is 10.6 Å². The summed E-state index contributed by atoms with van der Waals surface area (Å²) in [5.74, 6) is -0.227. The summed E-state index contributed by atoms with van der Waals surface area (Å²) < 4.78 is 0. The molecule has 0 saturated heterocycles. The van der Waals surface area contributed by atoms with Crippen molar-refractivity contribution in [2.45, 2.75) is 26.8 Å². The minimum absolute atomic E-state index is 0.102. The molecule has 0 aliphatic rings. The molecule has 0 atom stereocenters. The summed E-state index contributed by atoms with van der Waals surface area (Å²) in [7, 11) is 1.76. The molecule has 0 aromatic heterocycles. The first-order valence-corrected chi connectivity index (χ1v) is 8.86. The van der Waals surface area contributed by atoms with Crippen molar-refractivity contribution in [1.82, 2.24) is 10.2 Å². The van der Waals surface area contributed by atoms with Crippen LogP contribution in [0.2, 0.25) is 0 Å². The van der Waals surface area contributed by atoms with Crippen LogP contribution in [0.1, 0.15) is 23.6 Å². The summed E-state index contributed by atoms with van der Waals surface area (Å²) in [5.41, 5.74) is 4.17. The summed E-state index contributed by atoms with van der Waals surface area (Å²) in [6, 6.07) is 15.8. The Morgan fingerprint density at radius 2 is 1.62 bits per heavy atom. The Morgan fingerprint density at radius 3 is 2.31 bits per heavy atom. The van der Waals surface area contributed by atoms with E-state index in [-0.39, 0.29) is 24.9 Å². The molecule has 0 heterocycles. The zero-order valence-corrected chi connectivity index (χ0v) is 15.7. The third-order valence-corrected chi connectivity index (χ3v) is 4.11. The van der Waals surface area contributed by atoms with Crippen LogP contribution in [0.15, 0.2) is 48.5 Å². The minimum atomic E-state index is -0.125. The maximum Gasteiger partial charge on any atom is 0.238 e. The molecule has 2 aromatic rings. The lowest BCUT2D eigenvalue weighted by Gasteiger charge is -2.17. The highest BCUT2D eigenvalue weighted by atomic mass is 16.2. The van der Waals surface area contributed by atoms with Crippen LogP contribution in [0, 0.1) is 6.92 Å². The van der Waals surface area contributed by atoms with Gasteiger partial charge in [0, 0.05) is 12.2 Å². The van der Waals surface area contributed by atoms with Gasteiger partial charge in [-0.1, -0.05) is 55.0 Å². The number of anilines is 1. The quantitative estimate of drug-likeness (QED) is 0.767. The number of carbonyl (C=O) groups excluding carboxylic acids is 2. The maximum absolute atomic E-state index is 12.2. The van der Waals surface area contributed by atoms with Gasteiger partial charge in [-0.15, -0.1) is 0 Å². The third-order valence-electron chi connectivity index (χ3n) is 4.11. The van der Waals surface area contributed by atoms with Crippen LogP contribution in [0.3, 0.4) is 0 Å². The Balaban J connectivity index is 1.76. The Kier molecular flexibility index (Phi) is 7.36. The molecule has 0 bridgehead atoms. The molecular weight excluding hydrogens is 326 g/mol. The molecule has 2 amide bonds. The maximum atomic E-state index is 12.2. The van der Waals surface area contributed by atoms with Crippen molar-refractivity contribution in [3.8, 4) is 0 Å². The van der Waals surface area contributed by atoms with Crippen molar-refractivity contribution < 1.29 is 9.59 Å². The van der Waals surface area contributed by atoms with Crippen LogP contribution in [-0.2, 0) is 22.6 Å². The summed E-state index contributed by atoms with van der Waals surface area (Å²) >= 11 is 0. The summed E-state index contributed by atoms with van der Waals surface area (Å²) in [6.45, 7) is 4.91. The van der Waals surface area contributed by atoms with Gasteiger partial charge in [0.15, 0.2) is 0 Å². The van der Waals surface area contributed by atoms with E-state index in [1.807, 2.05) is 55.5 Å². The normalized spacial score (nSPS) is 10.6. The van der Waals surface area contributed by atoms with Gasteiger partial charge >= 0.3 is 0 Å². The first-order valence-electron chi connectivity index (χ1n) is 8.86. The topological polar surface area (TPSA) is 61.4 Å². The van der Waals surface area contributed by atoms with Crippen molar-refractivity contribution in [1.29, 1.82) is 0 Å². The number of rotatable bonds is 8. The molecular formula is C21H27N3O2. The van der Waals surface area contributed by atoms with Crippen LogP contribution in [0.5, 0.6) is 0 Å². The lowest BCUT2D eigenvalue weighted by Crippen LogP contribution is -2.38. The molecule has 26 heavy (non-hydrogen) atoms. The second kappa shape index (κ2) is 9.73. The van der Waals surface area contributed by atoms with Crippen LogP contribution >= 0.6 is 0 Å². The van der Waals surface area contributed by atoms with E-state index in [4.69, 9.17) is 0 Å². The highest BCUT2D eigenvalue weighted by Crippen LogP contribution is 2.15. The average Bonchev–Trinajstić information content (AvgIpc) is 2.61. The molecule has 5 heteroatoms. The number of likely N-dealkylation sites (N-methyl/N-ethyl adjacent to an activating group) is 1. The van der Waals surface area contributed by atoms with E-state index in [0.29, 0.717) is 6.54 Å². The Morgan fingerprint density at radius 1 is 0.962 bits per heavy atom.